The van der Waals surface area contributed by atoms with E-state index in [1.165, 1.54) is 22.4 Å². The second-order valence-corrected chi connectivity index (χ2v) is 7.56. The third-order valence-corrected chi connectivity index (χ3v) is 5.49. The Morgan fingerprint density at radius 3 is 2.25 bits per heavy atom. The Kier molecular flexibility index (Phi) is 7.03. The van der Waals surface area contributed by atoms with Crippen molar-refractivity contribution in [1.82, 2.24) is 10.6 Å². The summed E-state index contributed by atoms with van der Waals surface area (Å²) in [5.74, 6) is -0.262. The van der Waals surface area contributed by atoms with E-state index in [9.17, 15) is 9.59 Å². The zero-order chi connectivity index (χ0) is 19.9. The van der Waals surface area contributed by atoms with Gasteiger partial charge in [-0.05, 0) is 12.1 Å². The Hall–Kier alpha value is -2.41. The molecule has 4 N–H and O–H groups in total. The van der Waals surface area contributed by atoms with E-state index in [2.05, 4.69) is 22.8 Å². The van der Waals surface area contributed by atoms with Crippen molar-refractivity contribution in [2.75, 3.05) is 33.2 Å². The van der Waals surface area contributed by atoms with E-state index >= 15 is 0 Å². The summed E-state index contributed by atoms with van der Waals surface area (Å²) in [6.45, 7) is 4.61. The molecule has 0 unspecified atom stereocenters. The number of hydrogen-bond donors (Lipinski definition) is 4. The van der Waals surface area contributed by atoms with Gasteiger partial charge >= 0.3 is 6.03 Å². The van der Waals surface area contributed by atoms with Gasteiger partial charge in [0.15, 0.2) is 6.04 Å². The number of nitrogens with one attached hydrogen (secondary N) is 4. The molecule has 2 aromatic rings. The van der Waals surface area contributed by atoms with E-state index in [1.807, 2.05) is 42.5 Å². The lowest BCUT2D eigenvalue weighted by molar-refractivity contribution is -1.03. The maximum absolute atomic E-state index is 12.8. The van der Waals surface area contributed by atoms with Crippen LogP contribution in [-0.4, -0.2) is 45.2 Å². The molecule has 28 heavy (non-hydrogen) atoms. The molecule has 0 bridgehead atoms. The van der Waals surface area contributed by atoms with Crippen LogP contribution in [0, 0.1) is 0 Å². The first-order valence-electron chi connectivity index (χ1n) is 9.57. The minimum atomic E-state index is -0.475. The van der Waals surface area contributed by atoms with E-state index in [0.29, 0.717) is 0 Å². The fourth-order valence-electron chi connectivity index (χ4n) is 3.75. The number of imide groups is 1. The molecule has 1 aliphatic rings. The number of urea groups is 1. The molecule has 1 atom stereocenters. The SMILES string of the molecule is CNC(=O)NC(=O)[C@@H](c1ccccc1)[NH+]1CC[NH+](Cc2ccc(Cl)cc2)CC1. The van der Waals surface area contributed by atoms with Gasteiger partial charge in [0.25, 0.3) is 5.91 Å². The lowest BCUT2D eigenvalue weighted by Gasteiger charge is -2.34. The van der Waals surface area contributed by atoms with Gasteiger partial charge in [-0.15, -0.1) is 0 Å². The first kappa shape index (κ1) is 20.3. The minimum Gasteiger partial charge on any atom is -0.341 e. The van der Waals surface area contributed by atoms with Gasteiger partial charge in [0.2, 0.25) is 0 Å². The van der Waals surface area contributed by atoms with Crippen LogP contribution in [0.5, 0.6) is 0 Å². The van der Waals surface area contributed by atoms with Crippen LogP contribution in [0.2, 0.25) is 5.02 Å². The largest absolute Gasteiger partial charge is 0.341 e. The number of benzene rings is 2. The zero-order valence-electron chi connectivity index (χ0n) is 16.0. The Morgan fingerprint density at radius 1 is 1.00 bits per heavy atom. The number of halogens is 1. The molecule has 7 heteroatoms. The average Bonchev–Trinajstić information content (AvgIpc) is 2.72. The van der Waals surface area contributed by atoms with Crippen LogP contribution >= 0.6 is 11.6 Å². The van der Waals surface area contributed by atoms with E-state index in [1.54, 1.807) is 0 Å². The highest BCUT2D eigenvalue weighted by molar-refractivity contribution is 6.30. The third kappa shape index (κ3) is 5.32. The van der Waals surface area contributed by atoms with Gasteiger partial charge < -0.3 is 15.1 Å². The summed E-state index contributed by atoms with van der Waals surface area (Å²) in [7, 11) is 1.51. The van der Waals surface area contributed by atoms with Crippen LogP contribution in [0.3, 0.4) is 0 Å². The van der Waals surface area contributed by atoms with Crippen molar-refractivity contribution in [2.24, 2.45) is 0 Å². The van der Waals surface area contributed by atoms with Crippen LogP contribution in [0.15, 0.2) is 54.6 Å². The first-order valence-corrected chi connectivity index (χ1v) is 9.94. The van der Waals surface area contributed by atoms with E-state index in [0.717, 1.165) is 43.3 Å². The van der Waals surface area contributed by atoms with Crippen molar-refractivity contribution in [2.45, 2.75) is 12.6 Å². The molecule has 0 radical (unpaired) electrons. The second-order valence-electron chi connectivity index (χ2n) is 7.12. The van der Waals surface area contributed by atoms with Crippen molar-refractivity contribution in [1.29, 1.82) is 0 Å². The zero-order valence-corrected chi connectivity index (χ0v) is 16.8. The molecule has 1 heterocycles. The van der Waals surface area contributed by atoms with Gasteiger partial charge in [-0.1, -0.05) is 54.1 Å². The molecule has 0 aliphatic carbocycles. The molecule has 3 rings (SSSR count). The van der Waals surface area contributed by atoms with Gasteiger partial charge in [0, 0.05) is 23.2 Å². The lowest BCUT2D eigenvalue weighted by Crippen LogP contribution is -3.28. The molecule has 2 aromatic carbocycles. The summed E-state index contributed by atoms with van der Waals surface area (Å²) < 4.78 is 0. The van der Waals surface area contributed by atoms with Crippen LogP contribution < -0.4 is 20.4 Å². The average molecular weight is 403 g/mol. The van der Waals surface area contributed by atoms with Gasteiger partial charge in [-0.2, -0.15) is 0 Å². The number of carbonyl (C=O) groups is 2. The Balaban J connectivity index is 1.66. The van der Waals surface area contributed by atoms with Crippen LogP contribution in [0.25, 0.3) is 0 Å². The fraction of sp³-hybridized carbons (Fsp3) is 0.333. The van der Waals surface area contributed by atoms with Gasteiger partial charge in [-0.3, -0.25) is 10.1 Å². The van der Waals surface area contributed by atoms with Gasteiger partial charge in [0.05, 0.1) is 0 Å². The van der Waals surface area contributed by atoms with Crippen LogP contribution in [0.1, 0.15) is 17.2 Å². The minimum absolute atomic E-state index is 0.262. The first-order chi connectivity index (χ1) is 13.6. The molecule has 3 amide bonds. The quantitative estimate of drug-likeness (QED) is 0.560. The summed E-state index contributed by atoms with van der Waals surface area (Å²) in [6, 6.07) is 16.8. The Bertz CT molecular complexity index is 790. The molecule has 0 aromatic heterocycles. The van der Waals surface area contributed by atoms with Crippen molar-refractivity contribution in [3.05, 3.63) is 70.7 Å². The molecule has 1 saturated heterocycles. The predicted molar refractivity (Wildman–Crippen MR) is 108 cm³/mol. The van der Waals surface area contributed by atoms with E-state index in [-0.39, 0.29) is 5.91 Å². The number of piperazine rings is 1. The van der Waals surface area contributed by atoms with Crippen molar-refractivity contribution < 1.29 is 19.4 Å². The molecular weight excluding hydrogens is 376 g/mol. The number of hydrogen-bond acceptors (Lipinski definition) is 2. The fourth-order valence-corrected chi connectivity index (χ4v) is 3.87. The number of rotatable bonds is 5. The maximum atomic E-state index is 12.8. The Morgan fingerprint density at radius 2 is 1.64 bits per heavy atom. The highest BCUT2D eigenvalue weighted by Crippen LogP contribution is 2.10. The number of quaternary nitrogens is 2. The molecule has 1 aliphatic heterocycles. The second kappa shape index (κ2) is 9.68. The summed E-state index contributed by atoms with van der Waals surface area (Å²) in [5.41, 5.74) is 2.19. The monoisotopic (exact) mass is 402 g/mol. The highest BCUT2D eigenvalue weighted by atomic mass is 35.5. The summed E-state index contributed by atoms with van der Waals surface area (Å²) in [6.07, 6.45) is 0. The summed E-state index contributed by atoms with van der Waals surface area (Å²) in [4.78, 5) is 27.1. The third-order valence-electron chi connectivity index (χ3n) is 5.23. The molecule has 1 fully saturated rings. The van der Waals surface area contributed by atoms with Gasteiger partial charge in [0.1, 0.15) is 32.7 Å². The normalized spacial score (nSPS) is 20.2. The molecule has 148 valence electrons. The van der Waals surface area contributed by atoms with Crippen molar-refractivity contribution in [3.8, 4) is 0 Å². The summed E-state index contributed by atoms with van der Waals surface area (Å²) >= 11 is 5.97. The maximum Gasteiger partial charge on any atom is 0.321 e. The lowest BCUT2D eigenvalue weighted by atomic mass is 10.0. The molecular formula is C21H27ClN4O2+2. The van der Waals surface area contributed by atoms with Crippen LogP contribution in [-0.2, 0) is 11.3 Å². The molecule has 0 saturated carbocycles. The van der Waals surface area contributed by atoms with Crippen molar-refractivity contribution >= 4 is 23.5 Å². The standard InChI is InChI=1S/C21H25ClN4O2/c1-23-21(28)24-20(27)19(17-5-3-2-4-6-17)26-13-11-25(12-14-26)15-16-7-9-18(22)10-8-16/h2-10,19H,11-15H2,1H3,(H2,23,24,27,28)/p+2/t19-/m1/s1. The number of carbonyl (C=O) groups excluding carboxylic acids is 2. The summed E-state index contributed by atoms with van der Waals surface area (Å²) in [5, 5.41) is 5.65. The van der Waals surface area contributed by atoms with Crippen LogP contribution in [0.4, 0.5) is 4.79 Å². The topological polar surface area (TPSA) is 67.1 Å². The predicted octanol–water partition coefficient (Wildman–Crippen LogP) is -0.180. The van der Waals surface area contributed by atoms with Crippen molar-refractivity contribution in [3.63, 3.8) is 0 Å². The number of amides is 3. The smallest absolute Gasteiger partial charge is 0.321 e. The Labute approximate surface area is 170 Å². The molecule has 0 spiro atoms. The van der Waals surface area contributed by atoms with E-state index in [4.69, 9.17) is 11.6 Å². The van der Waals surface area contributed by atoms with Gasteiger partial charge in [-0.25, -0.2) is 4.79 Å². The highest BCUT2D eigenvalue weighted by Gasteiger charge is 2.36. The van der Waals surface area contributed by atoms with E-state index < -0.39 is 12.1 Å². The molecule has 6 nitrogen and oxygen atoms in total.